The number of piperidine rings is 1. The molecule has 0 radical (unpaired) electrons. The van der Waals surface area contributed by atoms with Gasteiger partial charge in [0.1, 0.15) is 0 Å². The van der Waals surface area contributed by atoms with Crippen LogP contribution in [-0.2, 0) is 21.0 Å². The number of hydrogen-bond acceptors (Lipinski definition) is 5. The second kappa shape index (κ2) is 9.16. The van der Waals surface area contributed by atoms with Crippen molar-refractivity contribution >= 4 is 16.9 Å². The van der Waals surface area contributed by atoms with E-state index in [9.17, 15) is 4.79 Å². The summed E-state index contributed by atoms with van der Waals surface area (Å²) in [5.41, 5.74) is 3.05. The summed E-state index contributed by atoms with van der Waals surface area (Å²) in [5.74, 6) is -0.203. The van der Waals surface area contributed by atoms with Crippen LogP contribution >= 0.6 is 0 Å². The lowest BCUT2D eigenvalue weighted by atomic mass is 9.95. The Hall–Kier alpha value is -2.76. The molecule has 3 aromatic rings. The lowest BCUT2D eigenvalue weighted by molar-refractivity contribution is -0.218. The van der Waals surface area contributed by atoms with Gasteiger partial charge in [-0.15, -0.1) is 5.06 Å². The molecule has 0 saturated carbocycles. The fourth-order valence-electron chi connectivity index (χ4n) is 3.74. The average molecular weight is 390 g/mol. The molecule has 2 atom stereocenters. The number of ether oxygens (including phenoxy) is 1. The van der Waals surface area contributed by atoms with Gasteiger partial charge in [0, 0.05) is 18.4 Å². The van der Waals surface area contributed by atoms with Gasteiger partial charge >= 0.3 is 5.97 Å². The van der Waals surface area contributed by atoms with Crippen LogP contribution in [0.25, 0.3) is 10.9 Å². The van der Waals surface area contributed by atoms with E-state index in [-0.39, 0.29) is 18.1 Å². The van der Waals surface area contributed by atoms with Gasteiger partial charge in [-0.05, 0) is 30.5 Å². The van der Waals surface area contributed by atoms with Crippen molar-refractivity contribution in [2.45, 2.75) is 44.9 Å². The minimum absolute atomic E-state index is 0.00462. The Morgan fingerprint density at radius 1 is 1.07 bits per heavy atom. The number of benzene rings is 2. The molecule has 0 bridgehead atoms. The Morgan fingerprint density at radius 3 is 2.69 bits per heavy atom. The van der Waals surface area contributed by atoms with E-state index < -0.39 is 0 Å². The highest BCUT2D eigenvalue weighted by Gasteiger charge is 2.32. The number of fused-ring (bicyclic) bond motifs is 1. The van der Waals surface area contributed by atoms with Crippen LogP contribution in [0, 0.1) is 0 Å². The number of para-hydroxylation sites is 1. The number of aromatic nitrogens is 1. The second-order valence-corrected chi connectivity index (χ2v) is 7.34. The van der Waals surface area contributed by atoms with Crippen LogP contribution in [0.2, 0.25) is 0 Å². The number of rotatable bonds is 6. The monoisotopic (exact) mass is 390 g/mol. The van der Waals surface area contributed by atoms with E-state index in [0.717, 1.165) is 35.0 Å². The molecular formula is C24H26N2O3. The number of nitrogens with zero attached hydrogens (tertiary/aromatic N) is 2. The molecule has 0 spiro atoms. The number of hydrogen-bond donors (Lipinski definition) is 0. The van der Waals surface area contributed by atoms with Crippen LogP contribution in [0.5, 0.6) is 0 Å². The first kappa shape index (κ1) is 19.6. The molecular weight excluding hydrogens is 364 g/mol. The highest BCUT2D eigenvalue weighted by Crippen LogP contribution is 2.33. The summed E-state index contributed by atoms with van der Waals surface area (Å²) in [4.78, 5) is 22.1. The van der Waals surface area contributed by atoms with Crippen molar-refractivity contribution in [2.75, 3.05) is 6.54 Å². The van der Waals surface area contributed by atoms with Crippen molar-refractivity contribution in [2.24, 2.45) is 0 Å². The zero-order valence-corrected chi connectivity index (χ0v) is 16.7. The van der Waals surface area contributed by atoms with Crippen LogP contribution in [0.15, 0.2) is 66.7 Å². The molecule has 1 aliphatic rings. The van der Waals surface area contributed by atoms with Crippen molar-refractivity contribution in [1.29, 1.82) is 0 Å². The quantitative estimate of drug-likeness (QED) is 0.604. The third-order valence-electron chi connectivity index (χ3n) is 5.32. The molecule has 1 saturated heterocycles. The molecule has 1 fully saturated rings. The van der Waals surface area contributed by atoms with E-state index in [2.05, 4.69) is 24.3 Å². The van der Waals surface area contributed by atoms with Gasteiger partial charge in [0.25, 0.3) is 0 Å². The van der Waals surface area contributed by atoms with E-state index in [0.29, 0.717) is 19.6 Å². The topological polar surface area (TPSA) is 51.7 Å². The minimum atomic E-state index is -0.203. The number of pyridine rings is 1. The summed E-state index contributed by atoms with van der Waals surface area (Å²) in [5, 5.41) is 2.95. The van der Waals surface area contributed by atoms with Gasteiger partial charge in [-0.3, -0.25) is 9.78 Å². The Bertz CT molecular complexity index is 961. The number of hydroxylamine groups is 2. The molecule has 2 aromatic carbocycles. The average Bonchev–Trinajstić information content (AvgIpc) is 2.78. The zero-order valence-electron chi connectivity index (χ0n) is 16.7. The Balaban J connectivity index is 1.43. The van der Waals surface area contributed by atoms with Crippen molar-refractivity contribution in [3.63, 3.8) is 0 Å². The summed E-state index contributed by atoms with van der Waals surface area (Å²) >= 11 is 0. The van der Waals surface area contributed by atoms with Gasteiger partial charge < -0.3 is 9.57 Å². The summed E-state index contributed by atoms with van der Waals surface area (Å²) in [6, 6.07) is 22.4. The van der Waals surface area contributed by atoms with Crippen molar-refractivity contribution < 1.29 is 14.4 Å². The summed E-state index contributed by atoms with van der Waals surface area (Å²) in [7, 11) is 0. The Labute approximate surface area is 171 Å². The standard InChI is InChI=1S/C24H26N2O3/c1-2-24(27)29-26-15-14-21(16-23(26)19-9-4-3-5-10-19)28-17-20-13-12-18-8-6-7-11-22(18)25-20/h3-13,21,23H,2,14-17H2,1H3. The maximum absolute atomic E-state index is 11.9. The second-order valence-electron chi connectivity index (χ2n) is 7.34. The van der Waals surface area contributed by atoms with Crippen LogP contribution in [0.4, 0.5) is 0 Å². The molecule has 5 heteroatoms. The fourth-order valence-corrected chi connectivity index (χ4v) is 3.74. The summed E-state index contributed by atoms with van der Waals surface area (Å²) < 4.78 is 6.22. The number of carbonyl (C=O) groups is 1. The maximum atomic E-state index is 11.9. The lowest BCUT2D eigenvalue weighted by Crippen LogP contribution is -2.41. The SMILES string of the molecule is CCC(=O)ON1CCC(OCc2ccc3ccccc3n2)CC1c1ccccc1. The third kappa shape index (κ3) is 4.81. The highest BCUT2D eigenvalue weighted by molar-refractivity contribution is 5.78. The van der Waals surface area contributed by atoms with E-state index in [1.165, 1.54) is 0 Å². The third-order valence-corrected chi connectivity index (χ3v) is 5.32. The normalized spacial score (nSPS) is 19.9. The van der Waals surface area contributed by atoms with Crippen molar-refractivity contribution in [3.8, 4) is 0 Å². The fraction of sp³-hybridized carbons (Fsp3) is 0.333. The van der Waals surface area contributed by atoms with E-state index >= 15 is 0 Å². The van der Waals surface area contributed by atoms with Crippen molar-refractivity contribution in [1.82, 2.24) is 10.0 Å². The van der Waals surface area contributed by atoms with Gasteiger partial charge in [0.05, 0.1) is 30.0 Å². The van der Waals surface area contributed by atoms with Crippen LogP contribution in [-0.4, -0.2) is 28.7 Å². The number of carbonyl (C=O) groups excluding carboxylic acids is 1. The molecule has 2 unspecified atom stereocenters. The molecule has 150 valence electrons. The van der Waals surface area contributed by atoms with Crippen LogP contribution in [0.3, 0.4) is 0 Å². The Kier molecular flexibility index (Phi) is 6.17. The lowest BCUT2D eigenvalue weighted by Gasteiger charge is -2.37. The van der Waals surface area contributed by atoms with Gasteiger partial charge in [0.2, 0.25) is 0 Å². The highest BCUT2D eigenvalue weighted by atomic mass is 16.7. The van der Waals surface area contributed by atoms with Gasteiger partial charge in [0.15, 0.2) is 0 Å². The predicted octanol–water partition coefficient (Wildman–Crippen LogP) is 4.83. The van der Waals surface area contributed by atoms with E-state index in [4.69, 9.17) is 14.6 Å². The summed E-state index contributed by atoms with van der Waals surface area (Å²) in [6.45, 7) is 2.94. The molecule has 5 nitrogen and oxygen atoms in total. The molecule has 29 heavy (non-hydrogen) atoms. The molecule has 0 N–H and O–H groups in total. The van der Waals surface area contributed by atoms with Crippen LogP contribution in [0.1, 0.15) is 43.5 Å². The first-order chi connectivity index (χ1) is 14.2. The Morgan fingerprint density at radius 2 is 1.86 bits per heavy atom. The summed E-state index contributed by atoms with van der Waals surface area (Å²) in [6.07, 6.45) is 2.04. The zero-order chi connectivity index (χ0) is 20.1. The van der Waals surface area contributed by atoms with Crippen molar-refractivity contribution in [3.05, 3.63) is 78.0 Å². The smallest absolute Gasteiger partial charge is 0.324 e. The maximum Gasteiger partial charge on any atom is 0.324 e. The predicted molar refractivity (Wildman–Crippen MR) is 112 cm³/mol. The first-order valence-corrected chi connectivity index (χ1v) is 10.2. The molecule has 2 heterocycles. The molecule has 1 aromatic heterocycles. The van der Waals surface area contributed by atoms with Gasteiger partial charge in [-0.2, -0.15) is 0 Å². The first-order valence-electron chi connectivity index (χ1n) is 10.2. The molecule has 0 aliphatic carbocycles. The van der Waals surface area contributed by atoms with Gasteiger partial charge in [-0.1, -0.05) is 61.5 Å². The molecule has 4 rings (SSSR count). The van der Waals surface area contributed by atoms with Crippen LogP contribution < -0.4 is 0 Å². The minimum Gasteiger partial charge on any atom is -0.372 e. The largest absolute Gasteiger partial charge is 0.372 e. The van der Waals surface area contributed by atoms with E-state index in [1.807, 2.05) is 54.5 Å². The van der Waals surface area contributed by atoms with Gasteiger partial charge in [-0.25, -0.2) is 0 Å². The molecule has 1 aliphatic heterocycles. The molecule has 0 amide bonds. The van der Waals surface area contributed by atoms with E-state index in [1.54, 1.807) is 0 Å².